The number of benzene rings is 2. The highest BCUT2D eigenvalue weighted by molar-refractivity contribution is 7.99. The summed E-state index contributed by atoms with van der Waals surface area (Å²) in [4.78, 5) is 34.5. The van der Waals surface area contributed by atoms with E-state index in [0.29, 0.717) is 18.1 Å². The number of rotatable bonds is 10. The van der Waals surface area contributed by atoms with Crippen molar-refractivity contribution in [1.82, 2.24) is 5.32 Å². The molecule has 0 aliphatic rings. The van der Waals surface area contributed by atoms with Crippen LogP contribution in [0, 0.1) is 0 Å². The maximum atomic E-state index is 12.1. The molecule has 0 unspecified atom stereocenters. The Morgan fingerprint density at radius 2 is 1.59 bits per heavy atom. The zero-order valence-corrected chi connectivity index (χ0v) is 19.9. The van der Waals surface area contributed by atoms with Crippen molar-refractivity contribution in [2.24, 2.45) is 0 Å². The molecule has 0 spiro atoms. The molecule has 2 aromatic carbocycles. The maximum absolute atomic E-state index is 12.1. The highest BCUT2D eigenvalue weighted by Gasteiger charge is 2.38. The van der Waals surface area contributed by atoms with Gasteiger partial charge in [-0.15, -0.1) is 11.8 Å². The third kappa shape index (κ3) is 8.80. The van der Waals surface area contributed by atoms with Gasteiger partial charge in [-0.3, -0.25) is 0 Å². The lowest BCUT2D eigenvalue weighted by molar-refractivity contribution is -0.217. The van der Waals surface area contributed by atoms with Gasteiger partial charge >= 0.3 is 12.1 Å². The highest BCUT2D eigenvalue weighted by Crippen LogP contribution is 2.32. The average molecular weight is 462 g/mol. The van der Waals surface area contributed by atoms with Crippen molar-refractivity contribution in [3.05, 3.63) is 65.7 Å². The molecule has 1 amide bonds. The molecule has 1 atom stereocenters. The minimum Gasteiger partial charge on any atom is -0.480 e. The number of alkyl carbamates (subject to hydrolysis) is 1. The quantitative estimate of drug-likeness (QED) is 0.372. The van der Waals surface area contributed by atoms with Crippen LogP contribution in [0.25, 0.3) is 0 Å². The van der Waals surface area contributed by atoms with E-state index in [0.717, 1.165) is 11.1 Å². The predicted octanol–water partition coefficient (Wildman–Crippen LogP) is 5.19. The van der Waals surface area contributed by atoms with Crippen LogP contribution in [0.1, 0.15) is 45.7 Å². The Bertz CT molecular complexity index is 878. The van der Waals surface area contributed by atoms with Crippen molar-refractivity contribution in [2.45, 2.75) is 63.4 Å². The predicted molar refractivity (Wildman–Crippen MR) is 124 cm³/mol. The minimum absolute atomic E-state index is 0.341. The molecule has 2 rings (SSSR count). The molecular formula is C24H31NO6S. The van der Waals surface area contributed by atoms with Crippen molar-refractivity contribution < 1.29 is 29.2 Å². The summed E-state index contributed by atoms with van der Waals surface area (Å²) in [6.07, 6.45) is -0.754. The zero-order valence-electron chi connectivity index (χ0n) is 19.1. The normalized spacial score (nSPS) is 12.7. The first-order valence-electron chi connectivity index (χ1n) is 10.2. The molecule has 0 bridgehead atoms. The van der Waals surface area contributed by atoms with Crippen LogP contribution >= 0.6 is 11.8 Å². The van der Waals surface area contributed by atoms with Gasteiger partial charge in [-0.2, -0.15) is 4.89 Å². The van der Waals surface area contributed by atoms with Crippen LogP contribution in [0.2, 0.25) is 0 Å². The largest absolute Gasteiger partial charge is 0.480 e. The molecule has 32 heavy (non-hydrogen) atoms. The van der Waals surface area contributed by atoms with Gasteiger partial charge in [-0.25, -0.2) is 9.59 Å². The Kier molecular flexibility index (Phi) is 8.98. The van der Waals surface area contributed by atoms with E-state index < -0.39 is 28.5 Å². The molecule has 0 aliphatic heterocycles. The van der Waals surface area contributed by atoms with E-state index in [4.69, 9.17) is 14.5 Å². The zero-order chi connectivity index (χ0) is 23.8. The number of hydrogen-bond acceptors (Lipinski definition) is 6. The first kappa shape index (κ1) is 25.5. The number of carbonyl (C=O) groups is 2. The third-order valence-electron chi connectivity index (χ3n) is 4.36. The molecule has 0 aliphatic carbocycles. The lowest BCUT2D eigenvalue weighted by atomic mass is 10.0. The number of thioether (sulfide) groups is 1. The topological polar surface area (TPSA) is 94.1 Å². The van der Waals surface area contributed by atoms with E-state index in [-0.39, 0.29) is 0 Å². The summed E-state index contributed by atoms with van der Waals surface area (Å²) in [6, 6.07) is 16.0. The Balaban J connectivity index is 1.88. The fourth-order valence-electron chi connectivity index (χ4n) is 2.69. The van der Waals surface area contributed by atoms with Gasteiger partial charge in [-0.1, -0.05) is 42.5 Å². The van der Waals surface area contributed by atoms with E-state index >= 15 is 0 Å². The Morgan fingerprint density at radius 1 is 0.969 bits per heavy atom. The molecule has 0 radical (unpaired) electrons. The van der Waals surface area contributed by atoms with Gasteiger partial charge in [0, 0.05) is 10.5 Å². The minimum atomic E-state index is -1.12. The lowest BCUT2D eigenvalue weighted by Gasteiger charge is -2.32. The Morgan fingerprint density at radius 3 is 2.16 bits per heavy atom. The summed E-state index contributed by atoms with van der Waals surface area (Å²) < 4.78 is 4.42. The van der Waals surface area contributed by atoms with Gasteiger partial charge < -0.3 is 20.0 Å². The molecule has 0 aromatic heterocycles. The fourth-order valence-corrected chi connectivity index (χ4v) is 3.75. The molecule has 0 saturated carbocycles. The van der Waals surface area contributed by atoms with E-state index in [1.54, 1.807) is 46.8 Å². The van der Waals surface area contributed by atoms with Crippen molar-refractivity contribution in [1.29, 1.82) is 0 Å². The van der Waals surface area contributed by atoms with Crippen LogP contribution in [-0.2, 0) is 26.8 Å². The van der Waals surface area contributed by atoms with Crippen LogP contribution in [0.5, 0.6) is 5.75 Å². The van der Waals surface area contributed by atoms with Crippen LogP contribution < -0.4 is 10.2 Å². The molecule has 2 aromatic rings. The number of nitrogens with one attached hydrogen (secondary N) is 1. The van der Waals surface area contributed by atoms with Gasteiger partial charge in [0.25, 0.3) is 0 Å². The number of carboxylic acids is 1. The maximum Gasteiger partial charge on any atom is 0.408 e. The van der Waals surface area contributed by atoms with Gasteiger partial charge in [0.2, 0.25) is 0 Å². The van der Waals surface area contributed by atoms with Crippen molar-refractivity contribution in [2.75, 3.05) is 0 Å². The SMILES string of the molecule is CC(C)(C)OC(=O)N[C@H](C(=O)O)C(C)(C)SCc1ccc(OOCc2ccccc2)cc1. The smallest absolute Gasteiger partial charge is 0.408 e. The van der Waals surface area contributed by atoms with Crippen LogP contribution in [0.3, 0.4) is 0 Å². The van der Waals surface area contributed by atoms with Gasteiger partial charge in [0.15, 0.2) is 5.75 Å². The fraction of sp³-hybridized carbons (Fsp3) is 0.417. The molecule has 2 N–H and O–H groups in total. The number of carboxylic acid groups (broad SMARTS) is 1. The molecule has 8 heteroatoms. The highest BCUT2D eigenvalue weighted by atomic mass is 32.2. The molecule has 174 valence electrons. The molecular weight excluding hydrogens is 430 g/mol. The number of aliphatic carboxylic acids is 1. The molecule has 0 fully saturated rings. The van der Waals surface area contributed by atoms with Gasteiger partial charge in [-0.05, 0) is 57.9 Å². The van der Waals surface area contributed by atoms with Gasteiger partial charge in [0.05, 0.1) is 0 Å². The monoisotopic (exact) mass is 461 g/mol. The second kappa shape index (κ2) is 11.2. The van der Waals surface area contributed by atoms with E-state index in [9.17, 15) is 14.7 Å². The van der Waals surface area contributed by atoms with E-state index in [1.807, 2.05) is 42.5 Å². The number of carbonyl (C=O) groups excluding carboxylic acids is 1. The van der Waals surface area contributed by atoms with Crippen LogP contribution in [-0.4, -0.2) is 33.6 Å². The average Bonchev–Trinajstić information content (AvgIpc) is 2.71. The van der Waals surface area contributed by atoms with E-state index in [2.05, 4.69) is 5.32 Å². The Labute approximate surface area is 193 Å². The summed E-state index contributed by atoms with van der Waals surface area (Å²) in [5, 5.41) is 12.1. The van der Waals surface area contributed by atoms with Crippen molar-refractivity contribution in [3.8, 4) is 5.75 Å². The summed E-state index contributed by atoms with van der Waals surface area (Å²) in [5.74, 6) is 0.00870. The molecule has 0 saturated heterocycles. The number of hydrogen-bond donors (Lipinski definition) is 2. The first-order valence-corrected chi connectivity index (χ1v) is 11.2. The Hall–Kier alpha value is -2.71. The molecule has 0 heterocycles. The summed E-state index contributed by atoms with van der Waals surface area (Å²) in [7, 11) is 0. The summed E-state index contributed by atoms with van der Waals surface area (Å²) >= 11 is 1.43. The van der Waals surface area contributed by atoms with Crippen molar-refractivity contribution in [3.63, 3.8) is 0 Å². The summed E-state index contributed by atoms with van der Waals surface area (Å²) in [6.45, 7) is 9.08. The van der Waals surface area contributed by atoms with Gasteiger partial charge in [0.1, 0.15) is 18.2 Å². The number of amides is 1. The standard InChI is InChI=1S/C24H31NO6S/c1-23(2,3)30-22(28)25-20(21(26)27)24(4,5)32-16-18-11-13-19(14-12-18)31-29-15-17-9-7-6-8-10-17/h6-14,20H,15-16H2,1-5H3,(H,25,28)(H,26,27)/t20-/m1/s1. The first-order chi connectivity index (χ1) is 15.0. The van der Waals surface area contributed by atoms with E-state index in [1.165, 1.54) is 11.8 Å². The van der Waals surface area contributed by atoms with Crippen molar-refractivity contribution >= 4 is 23.8 Å². The lowest BCUT2D eigenvalue weighted by Crippen LogP contribution is -2.53. The summed E-state index contributed by atoms with van der Waals surface area (Å²) in [5.41, 5.74) is 1.29. The third-order valence-corrected chi connectivity index (χ3v) is 5.82. The second-order valence-corrected chi connectivity index (χ2v) is 10.4. The number of ether oxygens (including phenoxy) is 1. The second-order valence-electron chi connectivity index (χ2n) is 8.78. The van der Waals surface area contributed by atoms with Crippen LogP contribution in [0.4, 0.5) is 4.79 Å². The van der Waals surface area contributed by atoms with Crippen LogP contribution in [0.15, 0.2) is 54.6 Å². The molecule has 7 nitrogen and oxygen atoms in total.